The molecule has 1 aromatic heterocycles. The first-order chi connectivity index (χ1) is 11.9. The Morgan fingerprint density at radius 3 is 2.76 bits per heavy atom. The molecule has 1 amide bonds. The van der Waals surface area contributed by atoms with E-state index < -0.39 is 6.04 Å². The molecule has 3 heterocycles. The Morgan fingerprint density at radius 1 is 1.32 bits per heavy atom. The highest BCUT2D eigenvalue weighted by atomic mass is 16.3. The number of hydrogen-bond donors (Lipinski definition) is 2. The highest BCUT2D eigenvalue weighted by molar-refractivity contribution is 6.20. The molecule has 128 valence electrons. The van der Waals surface area contributed by atoms with Gasteiger partial charge in [0.15, 0.2) is 5.78 Å². The minimum Gasteiger partial charge on any atom is -0.509 e. The molecule has 1 aromatic carbocycles. The van der Waals surface area contributed by atoms with E-state index in [0.29, 0.717) is 6.42 Å². The predicted octanol–water partition coefficient (Wildman–Crippen LogP) is 3.34. The molecule has 2 atom stereocenters. The van der Waals surface area contributed by atoms with Crippen LogP contribution < -0.4 is 0 Å². The summed E-state index contributed by atoms with van der Waals surface area (Å²) in [7, 11) is 0. The molecule has 0 fully saturated rings. The number of ketones is 1. The lowest BCUT2D eigenvalue weighted by molar-refractivity contribution is -0.130. The van der Waals surface area contributed by atoms with Crippen LogP contribution in [0.3, 0.4) is 0 Å². The van der Waals surface area contributed by atoms with Crippen LogP contribution in [0.2, 0.25) is 0 Å². The molecule has 2 N–H and O–H groups in total. The third-order valence-corrected chi connectivity index (χ3v) is 5.05. The molecule has 0 spiro atoms. The Kier molecular flexibility index (Phi) is 3.35. The van der Waals surface area contributed by atoms with Gasteiger partial charge in [-0.1, -0.05) is 23.8 Å². The Hall–Kier alpha value is -2.82. The number of rotatable bonds is 2. The molecule has 2 aliphatic heterocycles. The van der Waals surface area contributed by atoms with E-state index in [9.17, 15) is 14.7 Å². The average molecular weight is 336 g/mol. The van der Waals surface area contributed by atoms with E-state index in [2.05, 4.69) is 4.98 Å². The molecule has 2 unspecified atom stereocenters. The number of aromatic nitrogens is 1. The maximum absolute atomic E-state index is 13.0. The minimum atomic E-state index is -0.515. The van der Waals surface area contributed by atoms with Gasteiger partial charge in [0.25, 0.3) is 5.91 Å². The summed E-state index contributed by atoms with van der Waals surface area (Å²) in [5, 5.41) is 11.7. The Bertz CT molecular complexity index is 976. The number of allylic oxidation sites excluding steroid dienone is 1. The number of nitrogens with zero attached hydrogens (tertiary/aromatic N) is 1. The van der Waals surface area contributed by atoms with Crippen molar-refractivity contribution in [1.82, 2.24) is 9.88 Å². The molecule has 5 heteroatoms. The lowest BCUT2D eigenvalue weighted by Gasteiger charge is -2.31. The van der Waals surface area contributed by atoms with Gasteiger partial charge >= 0.3 is 0 Å². The molecule has 0 saturated heterocycles. The number of amides is 1. The number of aliphatic hydroxyl groups excluding tert-OH is 1. The molecule has 25 heavy (non-hydrogen) atoms. The number of carbonyl (C=O) groups is 2. The number of fused-ring (bicyclic) bond motifs is 1. The molecule has 2 aliphatic rings. The molecular formula is C20H20N2O3. The third-order valence-electron chi connectivity index (χ3n) is 5.05. The van der Waals surface area contributed by atoms with Crippen molar-refractivity contribution in [2.45, 2.75) is 39.3 Å². The summed E-state index contributed by atoms with van der Waals surface area (Å²) >= 11 is 0. The van der Waals surface area contributed by atoms with Crippen molar-refractivity contribution in [2.75, 3.05) is 0 Å². The zero-order valence-corrected chi connectivity index (χ0v) is 14.5. The summed E-state index contributed by atoms with van der Waals surface area (Å²) in [6.07, 6.45) is 4.44. The van der Waals surface area contributed by atoms with E-state index in [4.69, 9.17) is 0 Å². The summed E-state index contributed by atoms with van der Waals surface area (Å²) in [5.41, 5.74) is 4.08. The van der Waals surface area contributed by atoms with Crippen LogP contribution in [-0.4, -0.2) is 32.7 Å². The fourth-order valence-corrected chi connectivity index (χ4v) is 4.06. The topological polar surface area (TPSA) is 73.4 Å². The Balaban J connectivity index is 2.00. The van der Waals surface area contributed by atoms with Crippen LogP contribution in [0.5, 0.6) is 0 Å². The first-order valence-corrected chi connectivity index (χ1v) is 8.40. The van der Waals surface area contributed by atoms with Crippen molar-refractivity contribution >= 4 is 22.6 Å². The Labute approximate surface area is 145 Å². The lowest BCUT2D eigenvalue weighted by Crippen LogP contribution is -2.39. The summed E-state index contributed by atoms with van der Waals surface area (Å²) < 4.78 is 0. The average Bonchev–Trinajstić information content (AvgIpc) is 3.00. The van der Waals surface area contributed by atoms with Crippen molar-refractivity contribution in [3.8, 4) is 0 Å². The van der Waals surface area contributed by atoms with Gasteiger partial charge in [-0.15, -0.1) is 0 Å². The molecule has 0 bridgehead atoms. The van der Waals surface area contributed by atoms with Gasteiger partial charge in [0.2, 0.25) is 0 Å². The largest absolute Gasteiger partial charge is 0.509 e. The molecule has 0 radical (unpaired) electrons. The van der Waals surface area contributed by atoms with Gasteiger partial charge in [-0.05, 0) is 38.0 Å². The van der Waals surface area contributed by atoms with Gasteiger partial charge in [-0.2, -0.15) is 0 Å². The van der Waals surface area contributed by atoms with Crippen LogP contribution in [0, 0.1) is 0 Å². The molecule has 0 saturated carbocycles. The van der Waals surface area contributed by atoms with Crippen LogP contribution >= 0.6 is 0 Å². The van der Waals surface area contributed by atoms with Gasteiger partial charge in [0, 0.05) is 23.5 Å². The standard InChI is InChI=1S/C20H20N2O3/c1-10(2)7-15-13-5-4-6-14-18(13)12(9-21-14)8-16-19(24)17(11(3)23)20(25)22(15)16/h4-7,9,15-16,21,24H,8H2,1-3H3. The SMILES string of the molecule is CC(=O)C1=C(O)C2Cc3c[nH]c4cccc(c34)C(C=C(C)C)N2C1=O. The summed E-state index contributed by atoms with van der Waals surface area (Å²) in [5.74, 6) is -0.880. The summed E-state index contributed by atoms with van der Waals surface area (Å²) in [4.78, 5) is 29.8. The van der Waals surface area contributed by atoms with Crippen molar-refractivity contribution in [2.24, 2.45) is 0 Å². The third kappa shape index (κ3) is 2.15. The zero-order valence-electron chi connectivity index (χ0n) is 14.5. The van der Waals surface area contributed by atoms with Crippen LogP contribution in [0.4, 0.5) is 0 Å². The van der Waals surface area contributed by atoms with Gasteiger partial charge in [-0.25, -0.2) is 0 Å². The van der Waals surface area contributed by atoms with Crippen molar-refractivity contribution < 1.29 is 14.7 Å². The van der Waals surface area contributed by atoms with Gasteiger partial charge in [0.1, 0.15) is 11.3 Å². The van der Waals surface area contributed by atoms with Gasteiger partial charge < -0.3 is 15.0 Å². The fourth-order valence-electron chi connectivity index (χ4n) is 4.06. The monoisotopic (exact) mass is 336 g/mol. The number of aliphatic hydroxyl groups is 1. The number of aromatic amines is 1. The van der Waals surface area contributed by atoms with E-state index in [1.165, 1.54) is 6.92 Å². The number of H-pyrrole nitrogens is 1. The van der Waals surface area contributed by atoms with E-state index in [0.717, 1.165) is 27.6 Å². The summed E-state index contributed by atoms with van der Waals surface area (Å²) in [6.45, 7) is 5.30. The smallest absolute Gasteiger partial charge is 0.262 e. The first kappa shape index (κ1) is 15.7. The quantitative estimate of drug-likeness (QED) is 0.652. The highest BCUT2D eigenvalue weighted by Gasteiger charge is 2.46. The molecule has 0 aliphatic carbocycles. The van der Waals surface area contributed by atoms with E-state index >= 15 is 0 Å². The second kappa shape index (κ2) is 5.34. The highest BCUT2D eigenvalue weighted by Crippen LogP contribution is 2.42. The first-order valence-electron chi connectivity index (χ1n) is 8.40. The zero-order chi connectivity index (χ0) is 17.9. The van der Waals surface area contributed by atoms with Crippen LogP contribution in [-0.2, 0) is 16.0 Å². The molecular weight excluding hydrogens is 316 g/mol. The molecule has 5 nitrogen and oxygen atoms in total. The van der Waals surface area contributed by atoms with Crippen molar-refractivity contribution in [3.63, 3.8) is 0 Å². The van der Waals surface area contributed by atoms with Crippen molar-refractivity contribution in [1.29, 1.82) is 0 Å². The maximum atomic E-state index is 13.0. The van der Waals surface area contributed by atoms with Gasteiger partial charge in [-0.3, -0.25) is 9.59 Å². The minimum absolute atomic E-state index is 0.0803. The van der Waals surface area contributed by atoms with Crippen molar-refractivity contribution in [3.05, 3.63) is 58.5 Å². The fraction of sp³-hybridized carbons (Fsp3) is 0.300. The molecule has 4 rings (SSSR count). The number of benzene rings is 1. The second-order valence-corrected chi connectivity index (χ2v) is 7.02. The number of carbonyl (C=O) groups excluding carboxylic acids is 2. The molecule has 2 aromatic rings. The van der Waals surface area contributed by atoms with E-state index in [-0.39, 0.29) is 29.1 Å². The normalized spacial score (nSPS) is 22.2. The lowest BCUT2D eigenvalue weighted by atomic mass is 9.97. The predicted molar refractivity (Wildman–Crippen MR) is 95.1 cm³/mol. The van der Waals surface area contributed by atoms with E-state index in [1.807, 2.05) is 44.3 Å². The van der Waals surface area contributed by atoms with Gasteiger partial charge in [0.05, 0.1) is 12.1 Å². The summed E-state index contributed by atoms with van der Waals surface area (Å²) in [6, 6.07) is 5.16. The second-order valence-electron chi connectivity index (χ2n) is 7.02. The maximum Gasteiger partial charge on any atom is 0.262 e. The number of Topliss-reactive ketones (excluding diaryl/α,β-unsaturated/α-hetero) is 1. The number of nitrogens with one attached hydrogen (secondary N) is 1. The van der Waals surface area contributed by atoms with Crippen LogP contribution in [0.15, 0.2) is 47.4 Å². The van der Waals surface area contributed by atoms with E-state index in [1.54, 1.807) is 4.90 Å². The Morgan fingerprint density at radius 2 is 2.08 bits per heavy atom. The van der Waals surface area contributed by atoms with Crippen LogP contribution in [0.1, 0.15) is 37.9 Å². The number of hydrogen-bond acceptors (Lipinski definition) is 3. The van der Waals surface area contributed by atoms with Crippen LogP contribution in [0.25, 0.3) is 10.9 Å².